The largest absolute Gasteiger partial charge is 0.497 e. The van der Waals surface area contributed by atoms with Gasteiger partial charge >= 0.3 is 0 Å². The Kier molecular flexibility index (Phi) is 9.30. The molecule has 0 atom stereocenters. The molecule has 1 aliphatic heterocycles. The Balaban J connectivity index is 1.17. The van der Waals surface area contributed by atoms with Crippen molar-refractivity contribution in [2.75, 3.05) is 57.0 Å². The molecule has 1 fully saturated rings. The zero-order chi connectivity index (χ0) is 27.1. The molecule has 0 radical (unpaired) electrons. The number of methoxy groups -OCH3 is 1. The van der Waals surface area contributed by atoms with Gasteiger partial charge in [-0.15, -0.1) is 0 Å². The summed E-state index contributed by atoms with van der Waals surface area (Å²) in [6.45, 7) is 6.63. The van der Waals surface area contributed by atoms with Gasteiger partial charge in [-0.25, -0.2) is 13.4 Å². The molecule has 1 N–H and O–H groups in total. The van der Waals surface area contributed by atoms with Crippen LogP contribution in [-0.2, 0) is 20.4 Å². The van der Waals surface area contributed by atoms with Crippen molar-refractivity contribution in [1.82, 2.24) is 15.2 Å². The Labute approximate surface area is 228 Å². The smallest absolute Gasteiger partial charge is 0.235 e. The van der Waals surface area contributed by atoms with Crippen LogP contribution in [0.15, 0.2) is 52.9 Å². The molecule has 0 aliphatic carbocycles. The lowest BCUT2D eigenvalue weighted by Crippen LogP contribution is -2.47. The number of halogens is 1. The van der Waals surface area contributed by atoms with E-state index < -0.39 is 21.5 Å². The first-order chi connectivity index (χ1) is 18.2. The highest BCUT2D eigenvalue weighted by Crippen LogP contribution is 2.29. The minimum atomic E-state index is -3.72. The summed E-state index contributed by atoms with van der Waals surface area (Å²) in [4.78, 5) is 21.3. The van der Waals surface area contributed by atoms with E-state index in [1.807, 2.05) is 12.1 Å². The van der Waals surface area contributed by atoms with E-state index in [4.69, 9.17) is 20.8 Å². The zero-order valence-electron chi connectivity index (χ0n) is 21.7. The maximum atomic E-state index is 12.7. The molecule has 9 nitrogen and oxygen atoms in total. The minimum Gasteiger partial charge on any atom is -0.497 e. The highest BCUT2D eigenvalue weighted by molar-refractivity contribution is 7.91. The monoisotopic (exact) mass is 560 g/mol. The number of nitrogens with one attached hydrogen (secondary N) is 1. The number of sulfone groups is 1. The van der Waals surface area contributed by atoms with E-state index in [0.29, 0.717) is 22.9 Å². The molecule has 1 aliphatic rings. The summed E-state index contributed by atoms with van der Waals surface area (Å²) < 4.78 is 36.2. The molecule has 11 heteroatoms. The van der Waals surface area contributed by atoms with Crippen LogP contribution in [0.2, 0.25) is 5.02 Å². The number of oxazole rings is 1. The van der Waals surface area contributed by atoms with Gasteiger partial charge in [-0.3, -0.25) is 9.69 Å². The average Bonchev–Trinajstić information content (AvgIpc) is 3.25. The van der Waals surface area contributed by atoms with E-state index in [0.717, 1.165) is 44.9 Å². The molecule has 1 amide bonds. The summed E-state index contributed by atoms with van der Waals surface area (Å²) in [6, 6.07) is 15.1. The first kappa shape index (κ1) is 27.9. The van der Waals surface area contributed by atoms with Crippen LogP contribution >= 0.6 is 11.6 Å². The average molecular weight is 561 g/mol. The lowest BCUT2D eigenvalue weighted by molar-refractivity contribution is -0.118. The van der Waals surface area contributed by atoms with Crippen LogP contribution < -0.4 is 15.0 Å². The van der Waals surface area contributed by atoms with Gasteiger partial charge in [-0.05, 0) is 56.3 Å². The standard InChI is InChI=1S/C27H33ClN4O5S/c1-20-25(30-27(37-20)23-6-3-4-7-24(23)28)18-38(34,35)19-26(33)29-12-5-13-31-14-16-32(17-15-31)21-8-10-22(36-2)11-9-21/h3-4,6-11H,5,12-19H2,1-2H3,(H,29,33). The van der Waals surface area contributed by atoms with Crippen molar-refractivity contribution in [3.8, 4) is 17.2 Å². The fourth-order valence-corrected chi connectivity index (χ4v) is 5.88. The van der Waals surface area contributed by atoms with Crippen LogP contribution in [-0.4, -0.2) is 76.3 Å². The topological polar surface area (TPSA) is 105 Å². The molecule has 204 valence electrons. The molecule has 0 unspecified atom stereocenters. The molecular formula is C27H33ClN4O5S. The first-order valence-electron chi connectivity index (χ1n) is 12.5. The van der Waals surface area contributed by atoms with Gasteiger partial charge in [0.2, 0.25) is 11.8 Å². The van der Waals surface area contributed by atoms with E-state index in [1.165, 1.54) is 5.69 Å². The molecule has 4 rings (SSSR count). The Bertz CT molecular complexity index is 1340. The van der Waals surface area contributed by atoms with Gasteiger partial charge in [0, 0.05) is 38.4 Å². The Morgan fingerprint density at radius 1 is 1.11 bits per heavy atom. The number of piperazine rings is 1. The number of benzene rings is 2. The minimum absolute atomic E-state index is 0.257. The Hall–Kier alpha value is -3.08. The predicted molar refractivity (Wildman–Crippen MR) is 148 cm³/mol. The molecule has 0 spiro atoms. The van der Waals surface area contributed by atoms with Crippen molar-refractivity contribution in [1.29, 1.82) is 0 Å². The number of hydrogen-bond donors (Lipinski definition) is 1. The molecular weight excluding hydrogens is 528 g/mol. The first-order valence-corrected chi connectivity index (χ1v) is 14.7. The van der Waals surface area contributed by atoms with Crippen molar-refractivity contribution in [3.63, 3.8) is 0 Å². The molecule has 2 aromatic carbocycles. The summed E-state index contributed by atoms with van der Waals surface area (Å²) in [5.41, 5.74) is 2.04. The van der Waals surface area contributed by atoms with Gasteiger partial charge in [-0.1, -0.05) is 23.7 Å². The van der Waals surface area contributed by atoms with Gasteiger partial charge in [0.15, 0.2) is 9.84 Å². The van der Waals surface area contributed by atoms with Crippen molar-refractivity contribution in [2.24, 2.45) is 0 Å². The molecule has 3 aromatic rings. The molecule has 38 heavy (non-hydrogen) atoms. The van der Waals surface area contributed by atoms with Crippen LogP contribution in [0.5, 0.6) is 5.75 Å². The van der Waals surface area contributed by atoms with E-state index in [-0.39, 0.29) is 17.3 Å². The summed E-state index contributed by atoms with van der Waals surface area (Å²) in [6.07, 6.45) is 0.748. The van der Waals surface area contributed by atoms with E-state index in [1.54, 1.807) is 38.3 Å². The molecule has 0 saturated carbocycles. The van der Waals surface area contributed by atoms with Crippen LogP contribution in [0, 0.1) is 6.92 Å². The van der Waals surface area contributed by atoms with Crippen LogP contribution in [0.3, 0.4) is 0 Å². The number of ether oxygens (including phenoxy) is 1. The van der Waals surface area contributed by atoms with Crippen LogP contribution in [0.4, 0.5) is 5.69 Å². The fourth-order valence-electron chi connectivity index (χ4n) is 4.38. The van der Waals surface area contributed by atoms with Gasteiger partial charge < -0.3 is 19.4 Å². The number of aromatic nitrogens is 1. The van der Waals surface area contributed by atoms with Gasteiger partial charge in [-0.2, -0.15) is 0 Å². The van der Waals surface area contributed by atoms with Crippen molar-refractivity contribution in [2.45, 2.75) is 19.1 Å². The highest BCUT2D eigenvalue weighted by atomic mass is 35.5. The second kappa shape index (κ2) is 12.6. The highest BCUT2D eigenvalue weighted by Gasteiger charge is 2.23. The molecule has 1 saturated heterocycles. The third-order valence-electron chi connectivity index (χ3n) is 6.49. The van der Waals surface area contributed by atoms with Gasteiger partial charge in [0.25, 0.3) is 0 Å². The lowest BCUT2D eigenvalue weighted by atomic mass is 10.2. The van der Waals surface area contributed by atoms with Gasteiger partial charge in [0.05, 0.1) is 29.1 Å². The SMILES string of the molecule is COc1ccc(N2CCN(CCCNC(=O)CS(=O)(=O)Cc3nc(-c4ccccc4Cl)oc3C)CC2)cc1. The zero-order valence-corrected chi connectivity index (χ0v) is 23.2. The predicted octanol–water partition coefficient (Wildman–Crippen LogP) is 3.56. The number of carbonyl (C=O) groups is 1. The Morgan fingerprint density at radius 3 is 2.50 bits per heavy atom. The summed E-state index contributed by atoms with van der Waals surface area (Å²) in [7, 11) is -2.06. The summed E-state index contributed by atoms with van der Waals surface area (Å²) in [5.74, 6) is 0.00311. The van der Waals surface area contributed by atoms with Crippen LogP contribution in [0.25, 0.3) is 11.5 Å². The number of carbonyl (C=O) groups excluding carboxylic acids is 1. The number of anilines is 1. The normalized spacial score (nSPS) is 14.4. The molecule has 2 heterocycles. The summed E-state index contributed by atoms with van der Waals surface area (Å²) in [5, 5.41) is 3.19. The van der Waals surface area contributed by atoms with Crippen LogP contribution in [0.1, 0.15) is 17.9 Å². The van der Waals surface area contributed by atoms with E-state index in [9.17, 15) is 13.2 Å². The lowest BCUT2D eigenvalue weighted by Gasteiger charge is -2.36. The maximum absolute atomic E-state index is 12.7. The van der Waals surface area contributed by atoms with E-state index in [2.05, 4.69) is 32.2 Å². The van der Waals surface area contributed by atoms with Crippen molar-refractivity contribution in [3.05, 3.63) is 65.0 Å². The third kappa shape index (κ3) is 7.49. The van der Waals surface area contributed by atoms with Gasteiger partial charge in [0.1, 0.15) is 17.3 Å². The summed E-state index contributed by atoms with van der Waals surface area (Å²) >= 11 is 6.19. The fraction of sp³-hybridized carbons (Fsp3) is 0.407. The number of amides is 1. The third-order valence-corrected chi connectivity index (χ3v) is 8.23. The maximum Gasteiger partial charge on any atom is 0.235 e. The second-order valence-corrected chi connectivity index (χ2v) is 11.7. The molecule has 0 bridgehead atoms. The van der Waals surface area contributed by atoms with E-state index >= 15 is 0 Å². The van der Waals surface area contributed by atoms with Crippen molar-refractivity contribution < 1.29 is 22.4 Å². The second-order valence-electron chi connectivity index (χ2n) is 9.26. The quantitative estimate of drug-likeness (QED) is 0.355. The van der Waals surface area contributed by atoms with Crippen molar-refractivity contribution >= 4 is 33.0 Å². The number of hydrogen-bond acceptors (Lipinski definition) is 8. The number of rotatable bonds is 11. The molecule has 1 aromatic heterocycles. The Morgan fingerprint density at radius 2 is 1.82 bits per heavy atom. The number of aryl methyl sites for hydroxylation is 1. The number of nitrogens with zero attached hydrogens (tertiary/aromatic N) is 3.